The molecule has 1 N–H and O–H groups in total. The molecule has 1 aromatic heterocycles. The second-order valence-electron chi connectivity index (χ2n) is 2.10. The van der Waals surface area contributed by atoms with Crippen molar-refractivity contribution >= 4 is 17.6 Å². The van der Waals surface area contributed by atoms with Crippen LogP contribution in [0.4, 0.5) is 0 Å². The lowest BCUT2D eigenvalue weighted by Gasteiger charge is -1.90. The zero-order valence-corrected chi connectivity index (χ0v) is 6.47. The van der Waals surface area contributed by atoms with E-state index < -0.39 is 5.97 Å². The summed E-state index contributed by atoms with van der Waals surface area (Å²) in [4.78, 5) is 10.1. The number of aliphatic carboxylic acids is 1. The van der Waals surface area contributed by atoms with E-state index in [0.29, 0.717) is 17.4 Å². The maximum absolute atomic E-state index is 10.1. The average molecular weight is 175 g/mol. The summed E-state index contributed by atoms with van der Waals surface area (Å²) in [6.07, 6.45) is 0.464. The van der Waals surface area contributed by atoms with Crippen molar-refractivity contribution in [3.63, 3.8) is 0 Å². The van der Waals surface area contributed by atoms with Crippen LogP contribution in [0.25, 0.3) is 0 Å². The van der Waals surface area contributed by atoms with E-state index in [0.717, 1.165) is 0 Å². The highest BCUT2D eigenvalue weighted by molar-refractivity contribution is 6.28. The fourth-order valence-corrected chi connectivity index (χ4v) is 0.878. The Morgan fingerprint density at radius 3 is 2.82 bits per heavy atom. The maximum Gasteiger partial charge on any atom is 0.303 e. The van der Waals surface area contributed by atoms with Gasteiger partial charge in [0.15, 0.2) is 5.22 Å². The standard InChI is InChI=1S/C7H7ClO3/c8-6-3-1-5(11-6)2-4-7(9)10/h1,3H,2,4H2,(H,9,10). The number of aryl methyl sites for hydroxylation is 1. The van der Waals surface area contributed by atoms with Crippen LogP contribution in [-0.2, 0) is 11.2 Å². The van der Waals surface area contributed by atoms with Crippen LogP contribution in [0.1, 0.15) is 12.2 Å². The van der Waals surface area contributed by atoms with Gasteiger partial charge in [0.2, 0.25) is 0 Å². The molecular weight excluding hydrogens is 168 g/mol. The van der Waals surface area contributed by atoms with Crippen LogP contribution in [0.3, 0.4) is 0 Å². The van der Waals surface area contributed by atoms with Crippen molar-refractivity contribution in [2.24, 2.45) is 0 Å². The summed E-state index contributed by atoms with van der Waals surface area (Å²) in [5.74, 6) is -0.227. The second kappa shape index (κ2) is 3.44. The molecule has 0 aliphatic carbocycles. The summed E-state index contributed by atoms with van der Waals surface area (Å²) in [5.41, 5.74) is 0. The van der Waals surface area contributed by atoms with Crippen LogP contribution in [0.5, 0.6) is 0 Å². The number of hydrogen-bond donors (Lipinski definition) is 1. The summed E-state index contributed by atoms with van der Waals surface area (Å²) in [6, 6.07) is 3.27. The lowest BCUT2D eigenvalue weighted by Crippen LogP contribution is -1.95. The van der Waals surface area contributed by atoms with E-state index in [1.54, 1.807) is 12.1 Å². The molecule has 0 bridgehead atoms. The second-order valence-corrected chi connectivity index (χ2v) is 2.47. The molecule has 60 valence electrons. The molecule has 1 rings (SSSR count). The summed E-state index contributed by atoms with van der Waals surface area (Å²) in [6.45, 7) is 0. The fraction of sp³-hybridized carbons (Fsp3) is 0.286. The van der Waals surface area contributed by atoms with Crippen molar-refractivity contribution in [1.29, 1.82) is 0 Å². The smallest absolute Gasteiger partial charge is 0.303 e. The van der Waals surface area contributed by atoms with E-state index in [-0.39, 0.29) is 6.42 Å². The molecule has 0 aromatic carbocycles. The van der Waals surface area contributed by atoms with Gasteiger partial charge in [-0.25, -0.2) is 0 Å². The van der Waals surface area contributed by atoms with Crippen LogP contribution in [0, 0.1) is 0 Å². The minimum atomic E-state index is -0.836. The lowest BCUT2D eigenvalue weighted by molar-refractivity contribution is -0.137. The molecule has 1 heterocycles. The zero-order valence-electron chi connectivity index (χ0n) is 5.71. The van der Waals surface area contributed by atoms with Gasteiger partial charge in [-0.3, -0.25) is 4.79 Å². The van der Waals surface area contributed by atoms with Crippen LogP contribution < -0.4 is 0 Å². The van der Waals surface area contributed by atoms with Gasteiger partial charge < -0.3 is 9.52 Å². The highest BCUT2D eigenvalue weighted by atomic mass is 35.5. The van der Waals surface area contributed by atoms with Gasteiger partial charge in [0.25, 0.3) is 0 Å². The minimum absolute atomic E-state index is 0.0733. The Morgan fingerprint density at radius 1 is 1.64 bits per heavy atom. The highest BCUT2D eigenvalue weighted by Crippen LogP contribution is 2.14. The number of carboxylic acid groups (broad SMARTS) is 1. The lowest BCUT2D eigenvalue weighted by atomic mass is 10.2. The molecule has 0 spiro atoms. The molecule has 0 fully saturated rings. The van der Waals surface area contributed by atoms with Crippen molar-refractivity contribution in [3.05, 3.63) is 23.1 Å². The van der Waals surface area contributed by atoms with E-state index in [1.165, 1.54) is 0 Å². The first-order valence-electron chi connectivity index (χ1n) is 3.14. The first kappa shape index (κ1) is 8.14. The monoisotopic (exact) mass is 174 g/mol. The first-order valence-corrected chi connectivity index (χ1v) is 3.52. The molecule has 0 unspecified atom stereocenters. The molecule has 0 aliphatic heterocycles. The van der Waals surface area contributed by atoms with Crippen LogP contribution in [0.15, 0.2) is 16.5 Å². The predicted molar refractivity (Wildman–Crippen MR) is 39.7 cm³/mol. The van der Waals surface area contributed by atoms with Crippen LogP contribution in [-0.4, -0.2) is 11.1 Å². The van der Waals surface area contributed by atoms with Crippen molar-refractivity contribution in [2.75, 3.05) is 0 Å². The van der Waals surface area contributed by atoms with Gasteiger partial charge in [0.05, 0.1) is 6.42 Å². The number of halogens is 1. The summed E-state index contributed by atoms with van der Waals surface area (Å²) in [5, 5.41) is 8.60. The topological polar surface area (TPSA) is 50.4 Å². The van der Waals surface area contributed by atoms with Gasteiger partial charge in [-0.2, -0.15) is 0 Å². The molecule has 0 radical (unpaired) electrons. The SMILES string of the molecule is O=C(O)CCc1ccc(Cl)o1. The molecular formula is C7H7ClO3. The van der Waals surface area contributed by atoms with Crippen LogP contribution in [0.2, 0.25) is 5.22 Å². The Labute approximate surface area is 68.6 Å². The Morgan fingerprint density at radius 2 is 2.36 bits per heavy atom. The van der Waals surface area contributed by atoms with Crippen molar-refractivity contribution in [3.8, 4) is 0 Å². The van der Waals surface area contributed by atoms with Crippen molar-refractivity contribution in [2.45, 2.75) is 12.8 Å². The number of rotatable bonds is 3. The average Bonchev–Trinajstić information content (AvgIpc) is 2.31. The minimum Gasteiger partial charge on any atom is -0.481 e. The molecule has 0 atom stereocenters. The Kier molecular flexibility index (Phi) is 2.54. The summed E-state index contributed by atoms with van der Waals surface area (Å²) in [7, 11) is 0. The number of carbonyl (C=O) groups is 1. The molecule has 0 saturated carbocycles. The van der Waals surface area contributed by atoms with E-state index in [1.807, 2.05) is 0 Å². The molecule has 0 amide bonds. The summed E-state index contributed by atoms with van der Waals surface area (Å²) >= 11 is 5.46. The third-order valence-electron chi connectivity index (χ3n) is 1.21. The Balaban J connectivity index is 2.45. The number of hydrogen-bond acceptors (Lipinski definition) is 2. The largest absolute Gasteiger partial charge is 0.481 e. The van der Waals surface area contributed by atoms with E-state index in [9.17, 15) is 4.79 Å². The fourth-order valence-electron chi connectivity index (χ4n) is 0.716. The first-order chi connectivity index (χ1) is 5.18. The van der Waals surface area contributed by atoms with Gasteiger partial charge in [0.1, 0.15) is 5.76 Å². The highest BCUT2D eigenvalue weighted by Gasteiger charge is 2.02. The number of carboxylic acids is 1. The molecule has 1 aromatic rings. The third-order valence-corrected chi connectivity index (χ3v) is 1.42. The quantitative estimate of drug-likeness (QED) is 0.762. The predicted octanol–water partition coefficient (Wildman–Crippen LogP) is 1.95. The van der Waals surface area contributed by atoms with E-state index >= 15 is 0 Å². The Hall–Kier alpha value is -0.960. The van der Waals surface area contributed by atoms with Gasteiger partial charge in [-0.1, -0.05) is 0 Å². The summed E-state index contributed by atoms with van der Waals surface area (Å²) < 4.78 is 4.94. The number of furan rings is 1. The normalized spacial score (nSPS) is 9.91. The molecule has 11 heavy (non-hydrogen) atoms. The molecule has 3 nitrogen and oxygen atoms in total. The van der Waals surface area contributed by atoms with Crippen LogP contribution >= 0.6 is 11.6 Å². The van der Waals surface area contributed by atoms with Gasteiger partial charge in [0, 0.05) is 6.42 Å². The van der Waals surface area contributed by atoms with Crippen molar-refractivity contribution < 1.29 is 14.3 Å². The van der Waals surface area contributed by atoms with Gasteiger partial charge in [-0.05, 0) is 23.7 Å². The van der Waals surface area contributed by atoms with Gasteiger partial charge >= 0.3 is 5.97 Å². The van der Waals surface area contributed by atoms with E-state index in [2.05, 4.69) is 0 Å². The van der Waals surface area contributed by atoms with Gasteiger partial charge in [-0.15, -0.1) is 0 Å². The van der Waals surface area contributed by atoms with E-state index in [4.69, 9.17) is 21.1 Å². The molecule has 0 saturated heterocycles. The zero-order chi connectivity index (χ0) is 8.27. The third kappa shape index (κ3) is 2.63. The molecule has 4 heteroatoms. The molecule has 0 aliphatic rings. The maximum atomic E-state index is 10.1. The Bertz CT molecular complexity index is 254. The van der Waals surface area contributed by atoms with Crippen molar-refractivity contribution in [1.82, 2.24) is 0 Å².